The third-order valence-electron chi connectivity index (χ3n) is 5.68. The molecular weight excluding hydrogens is 446 g/mol. The number of unbranched alkanes of at least 4 members (excludes halogenated alkanes) is 6. The molecule has 2 atom stereocenters. The van der Waals surface area contributed by atoms with Gasteiger partial charge in [-0.1, -0.05) is 112 Å². The molecule has 4 nitrogen and oxygen atoms in total. The lowest BCUT2D eigenvalue weighted by molar-refractivity contribution is -0.123. The Hall–Kier alpha value is -2.17. The summed E-state index contributed by atoms with van der Waals surface area (Å²) < 4.78 is 0. The number of allylic oxidation sites excluding steroid dienone is 11. The molecule has 0 fully saturated rings. The maximum absolute atomic E-state index is 12.1. The Kier molecular flexibility index (Phi) is 25.8. The molecule has 204 valence electrons. The van der Waals surface area contributed by atoms with E-state index in [9.17, 15) is 15.0 Å². The van der Waals surface area contributed by atoms with Crippen LogP contribution in [-0.2, 0) is 4.79 Å². The van der Waals surface area contributed by atoms with Crippen molar-refractivity contribution >= 4 is 5.91 Å². The van der Waals surface area contributed by atoms with Crippen LogP contribution in [0.4, 0.5) is 0 Å². The number of carbonyl (C=O) groups excluding carboxylic acids is 1. The Bertz CT molecular complexity index is 673. The van der Waals surface area contributed by atoms with Gasteiger partial charge in [0.25, 0.3) is 0 Å². The smallest absolute Gasteiger partial charge is 0.220 e. The molecule has 0 aliphatic heterocycles. The van der Waals surface area contributed by atoms with Gasteiger partial charge in [0.05, 0.1) is 18.8 Å². The van der Waals surface area contributed by atoms with E-state index in [1.54, 1.807) is 6.08 Å². The monoisotopic (exact) mass is 499 g/mol. The molecule has 0 spiro atoms. The summed E-state index contributed by atoms with van der Waals surface area (Å²) in [5.74, 6) is -0.101. The van der Waals surface area contributed by atoms with Crippen LogP contribution in [0, 0.1) is 0 Å². The molecule has 0 bridgehead atoms. The van der Waals surface area contributed by atoms with Crippen LogP contribution < -0.4 is 5.32 Å². The highest BCUT2D eigenvalue weighted by molar-refractivity contribution is 5.76. The summed E-state index contributed by atoms with van der Waals surface area (Å²) in [6, 6.07) is -0.630. The first-order valence-corrected chi connectivity index (χ1v) is 14.2. The molecule has 1 amide bonds. The minimum Gasteiger partial charge on any atom is -0.394 e. The number of amides is 1. The molecule has 0 aromatic heterocycles. The zero-order chi connectivity index (χ0) is 26.5. The molecule has 0 rings (SSSR count). The lowest BCUT2D eigenvalue weighted by Gasteiger charge is -2.19. The van der Waals surface area contributed by atoms with E-state index >= 15 is 0 Å². The molecule has 36 heavy (non-hydrogen) atoms. The Morgan fingerprint density at radius 2 is 1.22 bits per heavy atom. The Morgan fingerprint density at radius 1 is 0.694 bits per heavy atom. The highest BCUT2D eigenvalue weighted by Crippen LogP contribution is 2.08. The summed E-state index contributed by atoms with van der Waals surface area (Å²) in [5.41, 5.74) is 0. The lowest BCUT2D eigenvalue weighted by atomic mass is 10.1. The zero-order valence-corrected chi connectivity index (χ0v) is 23.0. The molecule has 2 unspecified atom stereocenters. The van der Waals surface area contributed by atoms with Crippen LogP contribution in [0.1, 0.15) is 104 Å². The van der Waals surface area contributed by atoms with Gasteiger partial charge < -0.3 is 15.5 Å². The molecule has 4 heteroatoms. The molecule has 0 aromatic carbocycles. The van der Waals surface area contributed by atoms with Gasteiger partial charge in [-0.15, -0.1) is 0 Å². The second-order valence-electron chi connectivity index (χ2n) is 9.08. The van der Waals surface area contributed by atoms with Crippen LogP contribution in [0.3, 0.4) is 0 Å². The molecule has 0 aliphatic rings. The number of carbonyl (C=O) groups is 1. The summed E-state index contributed by atoms with van der Waals surface area (Å²) in [6.07, 6.45) is 38.8. The van der Waals surface area contributed by atoms with Crippen LogP contribution in [0.5, 0.6) is 0 Å². The van der Waals surface area contributed by atoms with Crippen molar-refractivity contribution < 1.29 is 15.0 Å². The van der Waals surface area contributed by atoms with Crippen molar-refractivity contribution in [1.29, 1.82) is 0 Å². The molecule has 0 radical (unpaired) electrons. The van der Waals surface area contributed by atoms with Crippen molar-refractivity contribution in [3.8, 4) is 0 Å². The number of aliphatic hydroxyl groups excluding tert-OH is 2. The predicted octanol–water partition coefficient (Wildman–Crippen LogP) is 7.66. The summed E-state index contributed by atoms with van der Waals surface area (Å²) in [4.78, 5) is 12.1. The van der Waals surface area contributed by atoms with Crippen LogP contribution in [0.15, 0.2) is 72.9 Å². The average molecular weight is 500 g/mol. The van der Waals surface area contributed by atoms with Crippen molar-refractivity contribution in [2.24, 2.45) is 0 Å². The minimum absolute atomic E-state index is 0.101. The van der Waals surface area contributed by atoms with Crippen LogP contribution in [-0.4, -0.2) is 34.9 Å². The number of aliphatic hydroxyl groups is 2. The van der Waals surface area contributed by atoms with E-state index in [2.05, 4.69) is 79.9 Å². The Labute approximate surface area is 221 Å². The normalized spacial score (nSPS) is 14.4. The SMILES string of the molecule is CC/C=C\C/C=C\C/C=C\C/C=C\C/C=C\CCCCCCCC(=O)NC(CO)C(O)/C=C/CCC. The van der Waals surface area contributed by atoms with Gasteiger partial charge >= 0.3 is 0 Å². The van der Waals surface area contributed by atoms with Crippen molar-refractivity contribution in [2.45, 2.75) is 116 Å². The average Bonchev–Trinajstić information content (AvgIpc) is 2.88. The Balaban J connectivity index is 3.65. The van der Waals surface area contributed by atoms with Crippen LogP contribution in [0.25, 0.3) is 0 Å². The third kappa shape index (κ3) is 23.6. The third-order valence-corrected chi connectivity index (χ3v) is 5.68. The second kappa shape index (κ2) is 27.4. The van der Waals surface area contributed by atoms with Gasteiger partial charge in [-0.2, -0.15) is 0 Å². The first-order chi connectivity index (χ1) is 17.7. The summed E-state index contributed by atoms with van der Waals surface area (Å²) in [5, 5.41) is 22.2. The van der Waals surface area contributed by atoms with Gasteiger partial charge in [0.1, 0.15) is 0 Å². The van der Waals surface area contributed by atoms with Crippen molar-refractivity contribution in [3.05, 3.63) is 72.9 Å². The van der Waals surface area contributed by atoms with E-state index in [0.717, 1.165) is 70.6 Å². The van der Waals surface area contributed by atoms with Gasteiger partial charge in [-0.3, -0.25) is 4.79 Å². The zero-order valence-electron chi connectivity index (χ0n) is 23.0. The standard InChI is InChI=1S/C32H53NO3/c1-3-5-7-8-9-10-11-12-13-14-15-16-17-18-19-20-21-22-23-24-26-28-32(36)33-30(29-34)31(35)27-25-6-4-2/h5,7,9-10,12-13,15-16,18-19,25,27,30-31,34-35H,3-4,6,8,11,14,17,20-24,26,28-29H2,1-2H3,(H,33,36)/b7-5-,10-9-,13-12-,16-15-,19-18-,27-25+. The number of rotatable bonds is 23. The summed E-state index contributed by atoms with van der Waals surface area (Å²) in [7, 11) is 0. The number of hydrogen-bond donors (Lipinski definition) is 3. The van der Waals surface area contributed by atoms with E-state index in [4.69, 9.17) is 0 Å². The van der Waals surface area contributed by atoms with Gasteiger partial charge in [0.15, 0.2) is 0 Å². The van der Waals surface area contributed by atoms with E-state index in [1.165, 1.54) is 12.8 Å². The minimum atomic E-state index is -0.846. The summed E-state index contributed by atoms with van der Waals surface area (Å²) >= 11 is 0. The van der Waals surface area contributed by atoms with Gasteiger partial charge in [-0.25, -0.2) is 0 Å². The van der Waals surface area contributed by atoms with E-state index in [-0.39, 0.29) is 12.5 Å². The first-order valence-electron chi connectivity index (χ1n) is 14.2. The number of hydrogen-bond acceptors (Lipinski definition) is 3. The molecule has 0 aromatic rings. The summed E-state index contributed by atoms with van der Waals surface area (Å²) in [6.45, 7) is 3.95. The fourth-order valence-corrected chi connectivity index (χ4v) is 3.50. The first kappa shape index (κ1) is 33.8. The highest BCUT2D eigenvalue weighted by Gasteiger charge is 2.17. The second-order valence-corrected chi connectivity index (χ2v) is 9.08. The highest BCUT2D eigenvalue weighted by atomic mass is 16.3. The fourth-order valence-electron chi connectivity index (χ4n) is 3.50. The van der Waals surface area contributed by atoms with E-state index in [1.807, 2.05) is 6.08 Å². The molecule has 0 saturated heterocycles. The quantitative estimate of drug-likeness (QED) is 0.0998. The van der Waals surface area contributed by atoms with E-state index < -0.39 is 12.1 Å². The largest absolute Gasteiger partial charge is 0.394 e. The van der Waals surface area contributed by atoms with E-state index in [0.29, 0.717) is 6.42 Å². The topological polar surface area (TPSA) is 69.6 Å². The fraction of sp³-hybridized carbons (Fsp3) is 0.594. The van der Waals surface area contributed by atoms with Gasteiger partial charge in [-0.05, 0) is 57.8 Å². The Morgan fingerprint density at radius 3 is 1.78 bits per heavy atom. The number of nitrogens with one attached hydrogen (secondary N) is 1. The molecular formula is C32H53NO3. The van der Waals surface area contributed by atoms with Crippen molar-refractivity contribution in [1.82, 2.24) is 5.32 Å². The maximum Gasteiger partial charge on any atom is 0.220 e. The van der Waals surface area contributed by atoms with Gasteiger partial charge in [0.2, 0.25) is 5.91 Å². The van der Waals surface area contributed by atoms with Crippen molar-refractivity contribution in [3.63, 3.8) is 0 Å². The van der Waals surface area contributed by atoms with Gasteiger partial charge in [0, 0.05) is 6.42 Å². The van der Waals surface area contributed by atoms with Crippen molar-refractivity contribution in [2.75, 3.05) is 6.61 Å². The molecule has 3 N–H and O–H groups in total. The molecule has 0 aliphatic carbocycles. The molecule has 0 heterocycles. The lowest BCUT2D eigenvalue weighted by Crippen LogP contribution is -2.45. The maximum atomic E-state index is 12.1. The van der Waals surface area contributed by atoms with Crippen LogP contribution >= 0.6 is 0 Å². The molecule has 0 saturated carbocycles. The predicted molar refractivity (Wildman–Crippen MR) is 156 cm³/mol. The van der Waals surface area contributed by atoms with Crippen LogP contribution in [0.2, 0.25) is 0 Å².